The third kappa shape index (κ3) is 1.89. The summed E-state index contributed by atoms with van der Waals surface area (Å²) in [6.45, 7) is 6.09. The first-order chi connectivity index (χ1) is 11.5. The van der Waals surface area contributed by atoms with E-state index < -0.39 is 0 Å². The van der Waals surface area contributed by atoms with E-state index in [1.54, 1.807) is 12.1 Å². The fourth-order valence-corrected chi connectivity index (χ4v) is 3.33. The van der Waals surface area contributed by atoms with Gasteiger partial charge in [0.05, 0.1) is 17.7 Å². The molecular weight excluding hydrogens is 302 g/mol. The van der Waals surface area contributed by atoms with Crippen LogP contribution < -0.4 is 4.90 Å². The van der Waals surface area contributed by atoms with Crippen LogP contribution in [0.15, 0.2) is 43.0 Å². The Morgan fingerprint density at radius 2 is 1.50 bits per heavy atom. The average molecular weight is 317 g/mol. The Kier molecular flexibility index (Phi) is 3.03. The lowest BCUT2D eigenvalue weighted by Crippen LogP contribution is -2.21. The third-order valence-electron chi connectivity index (χ3n) is 4.70. The van der Waals surface area contributed by atoms with Crippen LogP contribution in [-0.2, 0) is 6.42 Å². The van der Waals surface area contributed by atoms with Crippen molar-refractivity contribution in [1.82, 2.24) is 0 Å². The van der Waals surface area contributed by atoms with Crippen LogP contribution in [0.2, 0.25) is 0 Å². The van der Waals surface area contributed by atoms with Gasteiger partial charge in [-0.3, -0.25) is 19.3 Å². The number of nitrogens with zero attached hydrogens (tertiary/aromatic N) is 1. The zero-order valence-electron chi connectivity index (χ0n) is 13.3. The molecule has 118 valence electrons. The van der Waals surface area contributed by atoms with Gasteiger partial charge < -0.3 is 0 Å². The zero-order valence-corrected chi connectivity index (χ0v) is 13.3. The molecule has 0 saturated carbocycles. The van der Waals surface area contributed by atoms with Gasteiger partial charge in [0.2, 0.25) is 0 Å². The smallest absolute Gasteiger partial charge is 0.263 e. The Labute approximate surface area is 139 Å². The van der Waals surface area contributed by atoms with Gasteiger partial charge in [0.1, 0.15) is 0 Å². The largest absolute Gasteiger partial charge is 0.294 e. The molecule has 0 radical (unpaired) electrons. The molecule has 2 aliphatic rings. The highest BCUT2D eigenvalue weighted by atomic mass is 16.2. The van der Waals surface area contributed by atoms with Crippen molar-refractivity contribution in [3.63, 3.8) is 0 Å². The van der Waals surface area contributed by atoms with Gasteiger partial charge in [-0.15, -0.1) is 0 Å². The molecule has 1 amide bonds. The minimum Gasteiger partial charge on any atom is -0.294 e. The lowest BCUT2D eigenvalue weighted by molar-refractivity contribution is 0.0922. The van der Waals surface area contributed by atoms with Crippen LogP contribution in [0.5, 0.6) is 0 Å². The number of benzene rings is 2. The third-order valence-corrected chi connectivity index (χ3v) is 4.70. The number of amides is 1. The molecule has 24 heavy (non-hydrogen) atoms. The molecule has 2 aromatic carbocycles. The monoisotopic (exact) mass is 317 g/mol. The number of carbonyl (C=O) groups excluding carboxylic acids is 3. The molecule has 0 atom stereocenters. The molecule has 0 spiro atoms. The van der Waals surface area contributed by atoms with E-state index in [4.69, 9.17) is 0 Å². The first-order valence-electron chi connectivity index (χ1n) is 7.88. The van der Waals surface area contributed by atoms with E-state index in [1.807, 2.05) is 24.3 Å². The van der Waals surface area contributed by atoms with Crippen molar-refractivity contribution in [2.75, 3.05) is 4.90 Å². The summed E-state index contributed by atoms with van der Waals surface area (Å²) < 4.78 is 0. The van der Waals surface area contributed by atoms with Crippen LogP contribution in [0.4, 0.5) is 5.69 Å². The Morgan fingerprint density at radius 3 is 2.08 bits per heavy atom. The summed E-state index contributed by atoms with van der Waals surface area (Å²) in [6, 6.07) is 10.9. The summed E-state index contributed by atoms with van der Waals surface area (Å²) in [4.78, 5) is 38.2. The van der Waals surface area contributed by atoms with Gasteiger partial charge in [-0.1, -0.05) is 25.6 Å². The lowest BCUT2D eigenvalue weighted by Gasteiger charge is -2.17. The van der Waals surface area contributed by atoms with Crippen LogP contribution in [-0.4, -0.2) is 17.5 Å². The predicted octanol–water partition coefficient (Wildman–Crippen LogP) is 3.65. The predicted molar refractivity (Wildman–Crippen MR) is 91.4 cm³/mol. The number of hydrogen-bond acceptors (Lipinski definition) is 3. The summed E-state index contributed by atoms with van der Waals surface area (Å²) in [5.74, 6) is -0.625. The highest BCUT2D eigenvalue weighted by Crippen LogP contribution is 2.38. The number of rotatable bonds is 2. The lowest BCUT2D eigenvalue weighted by atomic mass is 10.0. The normalized spacial score (nSPS) is 16.0. The quantitative estimate of drug-likeness (QED) is 0.795. The van der Waals surface area contributed by atoms with Gasteiger partial charge in [-0.05, 0) is 36.2 Å². The van der Waals surface area contributed by atoms with Gasteiger partial charge in [0.15, 0.2) is 11.6 Å². The highest BCUT2D eigenvalue weighted by Gasteiger charge is 2.37. The summed E-state index contributed by atoms with van der Waals surface area (Å²) in [6.07, 6.45) is 0.813. The first kappa shape index (κ1) is 14.6. The Balaban J connectivity index is 1.81. The maximum atomic E-state index is 12.8. The van der Waals surface area contributed by atoms with E-state index in [0.717, 1.165) is 12.1 Å². The number of carbonyl (C=O) groups is 3. The average Bonchev–Trinajstić information content (AvgIpc) is 3.01. The van der Waals surface area contributed by atoms with Crippen molar-refractivity contribution in [1.29, 1.82) is 0 Å². The van der Waals surface area contributed by atoms with Gasteiger partial charge in [0.25, 0.3) is 5.91 Å². The summed E-state index contributed by atoms with van der Waals surface area (Å²) in [5, 5.41) is 0. The van der Waals surface area contributed by atoms with Crippen LogP contribution in [0.25, 0.3) is 5.70 Å². The molecule has 4 heteroatoms. The van der Waals surface area contributed by atoms with Crippen LogP contribution in [0.1, 0.15) is 55.5 Å². The number of hydrogen-bond donors (Lipinski definition) is 0. The molecule has 0 bridgehead atoms. The fraction of sp³-hybridized carbons (Fsp3) is 0.150. The SMILES string of the molecule is C=C1c2cc3c(cc2C(=O)N1c1ccc(CC)cc1)C(=O)CC3=O. The first-order valence-corrected chi connectivity index (χ1v) is 7.88. The van der Waals surface area contributed by atoms with Gasteiger partial charge >= 0.3 is 0 Å². The maximum Gasteiger partial charge on any atom is 0.263 e. The molecule has 0 N–H and O–H groups in total. The summed E-state index contributed by atoms with van der Waals surface area (Å²) >= 11 is 0. The molecule has 4 rings (SSSR count). The molecule has 1 aliphatic carbocycles. The Bertz CT molecular complexity index is 885. The second-order valence-corrected chi connectivity index (χ2v) is 6.07. The Hall–Kier alpha value is -3.01. The molecule has 0 aromatic heterocycles. The van der Waals surface area contributed by atoms with Crippen molar-refractivity contribution in [2.24, 2.45) is 0 Å². The number of aryl methyl sites for hydroxylation is 1. The Morgan fingerprint density at radius 1 is 0.917 bits per heavy atom. The van der Waals surface area contributed by atoms with E-state index in [0.29, 0.717) is 28.0 Å². The summed E-state index contributed by atoms with van der Waals surface area (Å²) in [7, 11) is 0. The van der Waals surface area contributed by atoms with Gasteiger partial charge in [-0.2, -0.15) is 0 Å². The molecule has 4 nitrogen and oxygen atoms in total. The molecule has 1 aliphatic heterocycles. The van der Waals surface area contributed by atoms with Gasteiger partial charge in [-0.25, -0.2) is 0 Å². The maximum absolute atomic E-state index is 12.8. The van der Waals surface area contributed by atoms with Crippen LogP contribution in [0, 0.1) is 0 Å². The minimum absolute atomic E-state index is 0.110. The topological polar surface area (TPSA) is 54.5 Å². The molecular formula is C20H15NO3. The van der Waals surface area contributed by atoms with Crippen molar-refractivity contribution in [2.45, 2.75) is 19.8 Å². The minimum atomic E-state index is -0.220. The number of fused-ring (bicyclic) bond motifs is 2. The number of Topliss-reactive ketones (excluding diaryl/α,β-unsaturated/α-hetero) is 2. The van der Waals surface area contributed by atoms with E-state index in [-0.39, 0.29) is 23.9 Å². The second kappa shape index (κ2) is 4.99. The van der Waals surface area contributed by atoms with E-state index in [9.17, 15) is 14.4 Å². The fourth-order valence-electron chi connectivity index (χ4n) is 3.33. The molecule has 0 fully saturated rings. The zero-order chi connectivity index (χ0) is 17.0. The van der Waals surface area contributed by atoms with E-state index in [1.165, 1.54) is 10.5 Å². The van der Waals surface area contributed by atoms with Crippen molar-refractivity contribution in [3.8, 4) is 0 Å². The van der Waals surface area contributed by atoms with Crippen LogP contribution >= 0.6 is 0 Å². The van der Waals surface area contributed by atoms with Crippen molar-refractivity contribution >= 4 is 28.9 Å². The van der Waals surface area contributed by atoms with E-state index >= 15 is 0 Å². The highest BCUT2D eigenvalue weighted by molar-refractivity contribution is 6.28. The second-order valence-electron chi connectivity index (χ2n) is 6.07. The van der Waals surface area contributed by atoms with Crippen molar-refractivity contribution < 1.29 is 14.4 Å². The van der Waals surface area contributed by atoms with E-state index in [2.05, 4.69) is 13.5 Å². The number of anilines is 1. The molecule has 2 aromatic rings. The van der Waals surface area contributed by atoms with Gasteiger partial charge in [0, 0.05) is 22.4 Å². The standard InChI is InChI=1S/C20H15NO3/c1-3-12-4-6-13(7-5-12)21-11(2)14-8-15-16(9-17(14)20(21)24)19(23)10-18(15)22/h4-9H,2-3,10H2,1H3. The summed E-state index contributed by atoms with van der Waals surface area (Å²) in [5.41, 5.74) is 4.26. The molecule has 0 saturated heterocycles. The number of ketones is 2. The molecule has 0 unspecified atom stereocenters. The van der Waals surface area contributed by atoms with Crippen LogP contribution in [0.3, 0.4) is 0 Å². The molecule has 1 heterocycles. The van der Waals surface area contributed by atoms with Crippen molar-refractivity contribution in [3.05, 3.63) is 70.8 Å².